The summed E-state index contributed by atoms with van der Waals surface area (Å²) >= 11 is 1.42. The van der Waals surface area contributed by atoms with Crippen LogP contribution in [0.2, 0.25) is 0 Å². The zero-order valence-corrected chi connectivity index (χ0v) is 12.2. The molecule has 0 aliphatic carbocycles. The van der Waals surface area contributed by atoms with Gasteiger partial charge in [-0.05, 0) is 23.4 Å². The summed E-state index contributed by atoms with van der Waals surface area (Å²) in [6.45, 7) is 1.74. The summed E-state index contributed by atoms with van der Waals surface area (Å²) < 4.78 is 1.23. The fraction of sp³-hybridized carbons (Fsp3) is 0.455. The molecule has 116 valence electrons. The number of carbonyl (C=O) groups is 3. The minimum atomic E-state index is -1.15. The quantitative estimate of drug-likeness (QED) is 0.635. The van der Waals surface area contributed by atoms with Gasteiger partial charge in [-0.2, -0.15) is 0 Å². The third-order valence-corrected chi connectivity index (χ3v) is 4.61. The van der Waals surface area contributed by atoms with Crippen molar-refractivity contribution in [1.29, 1.82) is 0 Å². The molecule has 3 atom stereocenters. The van der Waals surface area contributed by atoms with E-state index in [1.165, 1.54) is 33.7 Å². The SMILES string of the molecule is CC1C=C(C(=O)O)N2C(=O)C(NC(=O)Cn3cnnn3)[C@@H]2S1. The van der Waals surface area contributed by atoms with E-state index in [9.17, 15) is 14.4 Å². The fourth-order valence-corrected chi connectivity index (χ4v) is 3.68. The van der Waals surface area contributed by atoms with E-state index < -0.39 is 29.2 Å². The molecule has 22 heavy (non-hydrogen) atoms. The zero-order valence-electron chi connectivity index (χ0n) is 11.4. The van der Waals surface area contributed by atoms with Gasteiger partial charge < -0.3 is 10.4 Å². The monoisotopic (exact) mass is 324 g/mol. The molecule has 2 N–H and O–H groups in total. The van der Waals surface area contributed by atoms with Gasteiger partial charge in [0.1, 0.15) is 30.0 Å². The van der Waals surface area contributed by atoms with E-state index in [-0.39, 0.29) is 17.5 Å². The molecule has 2 aliphatic rings. The van der Waals surface area contributed by atoms with Crippen LogP contribution in [0.15, 0.2) is 18.1 Å². The maximum atomic E-state index is 12.1. The van der Waals surface area contributed by atoms with Gasteiger partial charge in [-0.3, -0.25) is 14.5 Å². The molecule has 3 rings (SSSR count). The second-order valence-corrected chi connectivity index (χ2v) is 6.35. The Hall–Kier alpha value is -2.43. The van der Waals surface area contributed by atoms with E-state index in [1.54, 1.807) is 0 Å². The van der Waals surface area contributed by atoms with E-state index in [0.717, 1.165) is 0 Å². The van der Waals surface area contributed by atoms with Gasteiger partial charge in [0.25, 0.3) is 5.91 Å². The lowest BCUT2D eigenvalue weighted by atomic mass is 10.0. The largest absolute Gasteiger partial charge is 0.477 e. The van der Waals surface area contributed by atoms with E-state index in [0.29, 0.717) is 0 Å². The standard InChI is InChI=1S/C11H12N6O4S/c1-5-2-6(11(20)21)17-9(19)8(10(17)22-5)13-7(18)3-16-4-12-14-15-16/h2,4-5,8,10H,3H2,1H3,(H,13,18)(H,20,21)/t5?,8?,10-/m0/s1. The smallest absolute Gasteiger partial charge is 0.352 e. The normalized spacial score (nSPS) is 26.8. The van der Waals surface area contributed by atoms with Crippen molar-refractivity contribution >= 4 is 29.5 Å². The number of nitrogens with zero attached hydrogens (tertiary/aromatic N) is 5. The summed E-state index contributed by atoms with van der Waals surface area (Å²) in [5.74, 6) is -1.99. The Morgan fingerprint density at radius 3 is 2.91 bits per heavy atom. The lowest BCUT2D eigenvalue weighted by molar-refractivity contribution is -0.150. The van der Waals surface area contributed by atoms with Gasteiger partial charge in [0, 0.05) is 5.25 Å². The number of carboxylic acids is 1. The molecule has 1 saturated heterocycles. The Morgan fingerprint density at radius 2 is 2.27 bits per heavy atom. The molecular formula is C11H12N6O4S. The van der Waals surface area contributed by atoms with Crippen molar-refractivity contribution in [3.05, 3.63) is 18.1 Å². The van der Waals surface area contributed by atoms with Crippen molar-refractivity contribution in [2.75, 3.05) is 0 Å². The summed E-state index contributed by atoms with van der Waals surface area (Å²) in [5.41, 5.74) is -0.0350. The Morgan fingerprint density at radius 1 is 1.50 bits per heavy atom. The van der Waals surface area contributed by atoms with Crippen molar-refractivity contribution in [3.63, 3.8) is 0 Å². The molecule has 0 aromatic carbocycles. The maximum Gasteiger partial charge on any atom is 0.352 e. The third kappa shape index (κ3) is 2.43. The van der Waals surface area contributed by atoms with Crippen LogP contribution in [0, 0.1) is 0 Å². The highest BCUT2D eigenvalue weighted by Crippen LogP contribution is 2.40. The molecule has 10 nitrogen and oxygen atoms in total. The Kier molecular flexibility index (Phi) is 3.56. The van der Waals surface area contributed by atoms with Crippen molar-refractivity contribution in [1.82, 2.24) is 30.4 Å². The second kappa shape index (κ2) is 5.40. The average Bonchev–Trinajstić information content (AvgIpc) is 2.96. The summed E-state index contributed by atoms with van der Waals surface area (Å²) in [5, 5.41) is 21.7. The second-order valence-electron chi connectivity index (χ2n) is 4.85. The maximum absolute atomic E-state index is 12.1. The Bertz CT molecular complexity index is 660. The molecule has 2 unspecified atom stereocenters. The van der Waals surface area contributed by atoms with Crippen LogP contribution in [0.25, 0.3) is 0 Å². The lowest BCUT2D eigenvalue weighted by Gasteiger charge is -2.49. The summed E-state index contributed by atoms with van der Waals surface area (Å²) in [6, 6.07) is -0.737. The van der Waals surface area contributed by atoms with Crippen LogP contribution in [0.3, 0.4) is 0 Å². The number of nitrogens with one attached hydrogen (secondary N) is 1. The average molecular weight is 324 g/mol. The minimum Gasteiger partial charge on any atom is -0.477 e. The number of carboxylic acid groups (broad SMARTS) is 1. The number of aromatic nitrogens is 4. The first-order chi connectivity index (χ1) is 10.5. The molecule has 0 radical (unpaired) electrons. The van der Waals surface area contributed by atoms with Gasteiger partial charge in [-0.1, -0.05) is 0 Å². The topological polar surface area (TPSA) is 130 Å². The number of β-lactam (4-membered cyclic amide) rings is 1. The van der Waals surface area contributed by atoms with Crippen molar-refractivity contribution in [2.45, 2.75) is 30.1 Å². The molecular weight excluding hydrogens is 312 g/mol. The van der Waals surface area contributed by atoms with Gasteiger partial charge in [-0.25, -0.2) is 9.48 Å². The number of tetrazole rings is 1. The van der Waals surface area contributed by atoms with E-state index in [1.807, 2.05) is 6.92 Å². The van der Waals surface area contributed by atoms with Crippen molar-refractivity contribution in [2.24, 2.45) is 0 Å². The molecule has 1 aromatic rings. The predicted molar refractivity (Wildman–Crippen MR) is 73.2 cm³/mol. The van der Waals surface area contributed by atoms with Crippen LogP contribution >= 0.6 is 11.8 Å². The van der Waals surface area contributed by atoms with Crippen LogP contribution in [-0.4, -0.2) is 64.7 Å². The van der Waals surface area contributed by atoms with Crippen LogP contribution in [-0.2, 0) is 20.9 Å². The van der Waals surface area contributed by atoms with E-state index >= 15 is 0 Å². The number of fused-ring (bicyclic) bond motifs is 1. The van der Waals surface area contributed by atoms with Crippen LogP contribution in [0.4, 0.5) is 0 Å². The number of aliphatic carboxylic acids is 1. The van der Waals surface area contributed by atoms with Gasteiger partial charge in [0.05, 0.1) is 0 Å². The summed E-state index contributed by atoms with van der Waals surface area (Å²) in [4.78, 5) is 36.4. The molecule has 0 saturated carbocycles. The molecule has 2 aliphatic heterocycles. The van der Waals surface area contributed by atoms with Crippen LogP contribution < -0.4 is 5.32 Å². The molecule has 2 amide bonds. The summed E-state index contributed by atoms with van der Waals surface area (Å²) in [7, 11) is 0. The van der Waals surface area contributed by atoms with Gasteiger partial charge in [0.2, 0.25) is 5.91 Å². The minimum absolute atomic E-state index is 0.0350. The number of amides is 2. The lowest BCUT2D eigenvalue weighted by Crippen LogP contribution is -2.70. The third-order valence-electron chi connectivity index (χ3n) is 3.28. The highest BCUT2D eigenvalue weighted by molar-refractivity contribution is 8.00. The first kappa shape index (κ1) is 14.5. The van der Waals surface area contributed by atoms with Gasteiger partial charge in [-0.15, -0.1) is 16.9 Å². The molecule has 1 fully saturated rings. The predicted octanol–water partition coefficient (Wildman–Crippen LogP) is -1.57. The Balaban J connectivity index is 1.68. The first-order valence-electron chi connectivity index (χ1n) is 6.41. The van der Waals surface area contributed by atoms with Gasteiger partial charge >= 0.3 is 5.97 Å². The Labute approximate surface area is 128 Å². The number of hydrogen-bond donors (Lipinski definition) is 2. The number of carbonyl (C=O) groups excluding carboxylic acids is 2. The first-order valence-corrected chi connectivity index (χ1v) is 7.35. The number of rotatable bonds is 4. The van der Waals surface area contributed by atoms with Gasteiger partial charge in [0.15, 0.2) is 0 Å². The molecule has 0 spiro atoms. The van der Waals surface area contributed by atoms with Crippen LogP contribution in [0.1, 0.15) is 6.92 Å². The van der Waals surface area contributed by atoms with Crippen LogP contribution in [0.5, 0.6) is 0 Å². The molecule has 3 heterocycles. The highest BCUT2D eigenvalue weighted by Gasteiger charge is 2.53. The molecule has 0 bridgehead atoms. The van der Waals surface area contributed by atoms with E-state index in [4.69, 9.17) is 5.11 Å². The van der Waals surface area contributed by atoms with Crippen molar-refractivity contribution < 1.29 is 19.5 Å². The molecule has 11 heteroatoms. The summed E-state index contributed by atoms with van der Waals surface area (Å²) in [6.07, 6.45) is 2.82. The number of hydrogen-bond acceptors (Lipinski definition) is 7. The number of thioether (sulfide) groups is 1. The molecule has 1 aromatic heterocycles. The van der Waals surface area contributed by atoms with Crippen molar-refractivity contribution in [3.8, 4) is 0 Å². The fourth-order valence-electron chi connectivity index (χ4n) is 2.35. The van der Waals surface area contributed by atoms with E-state index in [2.05, 4.69) is 20.8 Å². The zero-order chi connectivity index (χ0) is 15.9. The highest BCUT2D eigenvalue weighted by atomic mass is 32.2.